The van der Waals surface area contributed by atoms with Crippen LogP contribution in [-0.2, 0) is 0 Å². The highest BCUT2D eigenvalue weighted by Gasteiger charge is 2.23. The second-order valence-corrected chi connectivity index (χ2v) is 3.17. The van der Waals surface area contributed by atoms with Gasteiger partial charge in [-0.1, -0.05) is 11.6 Å². The summed E-state index contributed by atoms with van der Waals surface area (Å²) in [6.45, 7) is 0.429. The molecule has 1 aromatic rings. The number of hydrogen-bond acceptors (Lipinski definition) is 3. The van der Waals surface area contributed by atoms with E-state index in [1.54, 1.807) is 6.07 Å². The highest BCUT2D eigenvalue weighted by atomic mass is 35.5. The van der Waals surface area contributed by atoms with Crippen LogP contribution in [0.15, 0.2) is 12.1 Å². The summed E-state index contributed by atoms with van der Waals surface area (Å²) in [4.78, 5) is 0. The summed E-state index contributed by atoms with van der Waals surface area (Å²) < 4.78 is 5.23. The second-order valence-electron chi connectivity index (χ2n) is 2.76. The molecule has 0 unspecified atom stereocenters. The first-order valence-corrected chi connectivity index (χ1v) is 3.97. The molecule has 0 aromatic heterocycles. The standard InChI is InChI=1S/C8H8ClNO2/c9-6-2-4(11)1-5-7(10)3-12-8(5)6/h1-2,7,11H,3,10H2/t7-/m0/s1. The number of ether oxygens (including phenoxy) is 1. The topological polar surface area (TPSA) is 55.5 Å². The van der Waals surface area contributed by atoms with Gasteiger partial charge in [0, 0.05) is 11.6 Å². The fourth-order valence-electron chi connectivity index (χ4n) is 1.29. The Bertz CT molecular complexity index is 327. The molecular formula is C8H8ClNO2. The van der Waals surface area contributed by atoms with Crippen LogP contribution >= 0.6 is 11.6 Å². The van der Waals surface area contributed by atoms with Crippen LogP contribution in [0.1, 0.15) is 11.6 Å². The van der Waals surface area contributed by atoms with Crippen molar-refractivity contribution < 1.29 is 9.84 Å². The monoisotopic (exact) mass is 185 g/mol. The maximum Gasteiger partial charge on any atom is 0.143 e. The van der Waals surface area contributed by atoms with Crippen LogP contribution in [-0.4, -0.2) is 11.7 Å². The van der Waals surface area contributed by atoms with E-state index in [1.165, 1.54) is 6.07 Å². The maximum atomic E-state index is 9.20. The van der Waals surface area contributed by atoms with E-state index in [9.17, 15) is 5.11 Å². The fraction of sp³-hybridized carbons (Fsp3) is 0.250. The van der Waals surface area contributed by atoms with Crippen molar-refractivity contribution in [1.82, 2.24) is 0 Å². The minimum atomic E-state index is -0.176. The number of fused-ring (bicyclic) bond motifs is 1. The van der Waals surface area contributed by atoms with Crippen molar-refractivity contribution in [2.45, 2.75) is 6.04 Å². The number of nitrogens with two attached hydrogens (primary N) is 1. The molecule has 1 aliphatic rings. The Morgan fingerprint density at radius 3 is 3.08 bits per heavy atom. The van der Waals surface area contributed by atoms with E-state index in [0.717, 1.165) is 5.56 Å². The SMILES string of the molecule is N[C@H]1COc2c(Cl)cc(O)cc21. The Hall–Kier alpha value is -0.930. The molecule has 3 N–H and O–H groups in total. The maximum absolute atomic E-state index is 9.20. The number of rotatable bonds is 0. The van der Waals surface area contributed by atoms with E-state index in [2.05, 4.69) is 0 Å². The van der Waals surface area contributed by atoms with Gasteiger partial charge in [-0.3, -0.25) is 0 Å². The van der Waals surface area contributed by atoms with Gasteiger partial charge in [0.2, 0.25) is 0 Å². The van der Waals surface area contributed by atoms with Crippen molar-refractivity contribution in [2.75, 3.05) is 6.61 Å². The van der Waals surface area contributed by atoms with Gasteiger partial charge in [0.15, 0.2) is 0 Å². The van der Waals surface area contributed by atoms with Crippen molar-refractivity contribution in [1.29, 1.82) is 0 Å². The molecule has 1 atom stereocenters. The average Bonchev–Trinajstić information content (AvgIpc) is 2.33. The van der Waals surface area contributed by atoms with Gasteiger partial charge in [0.1, 0.15) is 18.1 Å². The molecule has 2 rings (SSSR count). The molecule has 0 amide bonds. The van der Waals surface area contributed by atoms with Crippen LogP contribution in [0.5, 0.6) is 11.5 Å². The first kappa shape index (κ1) is 7.71. The van der Waals surface area contributed by atoms with Crippen LogP contribution in [0.2, 0.25) is 5.02 Å². The van der Waals surface area contributed by atoms with Gasteiger partial charge in [-0.15, -0.1) is 0 Å². The van der Waals surface area contributed by atoms with E-state index in [4.69, 9.17) is 22.1 Å². The lowest BCUT2D eigenvalue weighted by Gasteiger charge is -2.02. The predicted octanol–water partition coefficient (Wildman–Crippen LogP) is 1.44. The normalized spacial score (nSPS) is 20.3. The highest BCUT2D eigenvalue weighted by Crippen LogP contribution is 2.39. The molecule has 0 saturated heterocycles. The Kier molecular flexibility index (Phi) is 1.63. The third kappa shape index (κ3) is 1.02. The van der Waals surface area contributed by atoms with Crippen molar-refractivity contribution in [3.05, 3.63) is 22.7 Å². The van der Waals surface area contributed by atoms with Crippen LogP contribution < -0.4 is 10.5 Å². The second kappa shape index (κ2) is 2.54. The van der Waals surface area contributed by atoms with Crippen molar-refractivity contribution >= 4 is 11.6 Å². The van der Waals surface area contributed by atoms with Crippen LogP contribution in [0, 0.1) is 0 Å². The zero-order valence-corrected chi connectivity index (χ0v) is 7.01. The summed E-state index contributed by atoms with van der Waals surface area (Å²) in [5.41, 5.74) is 6.47. The van der Waals surface area contributed by atoms with Crippen LogP contribution in [0.4, 0.5) is 0 Å². The lowest BCUT2D eigenvalue weighted by Crippen LogP contribution is -2.10. The fourth-order valence-corrected chi connectivity index (χ4v) is 1.57. The zero-order valence-electron chi connectivity index (χ0n) is 6.25. The number of benzene rings is 1. The van der Waals surface area contributed by atoms with Crippen LogP contribution in [0.25, 0.3) is 0 Å². The third-order valence-corrected chi connectivity index (χ3v) is 2.14. The highest BCUT2D eigenvalue weighted by molar-refractivity contribution is 6.32. The molecule has 0 bridgehead atoms. The molecule has 1 heterocycles. The zero-order chi connectivity index (χ0) is 8.72. The van der Waals surface area contributed by atoms with Gasteiger partial charge in [0.25, 0.3) is 0 Å². The Morgan fingerprint density at radius 2 is 2.33 bits per heavy atom. The average molecular weight is 186 g/mol. The smallest absolute Gasteiger partial charge is 0.143 e. The lowest BCUT2D eigenvalue weighted by atomic mass is 10.1. The molecule has 4 heteroatoms. The van der Waals surface area contributed by atoms with E-state index in [1.807, 2.05) is 0 Å². The molecule has 0 aliphatic carbocycles. The number of phenols is 1. The van der Waals surface area contributed by atoms with E-state index in [-0.39, 0.29) is 11.8 Å². The Labute approximate surface area is 74.7 Å². The van der Waals surface area contributed by atoms with Crippen LogP contribution in [0.3, 0.4) is 0 Å². The minimum absolute atomic E-state index is 0.125. The number of phenolic OH excluding ortho intramolecular Hbond substituents is 1. The van der Waals surface area contributed by atoms with Gasteiger partial charge in [-0.25, -0.2) is 0 Å². The van der Waals surface area contributed by atoms with Crippen molar-refractivity contribution in [2.24, 2.45) is 5.73 Å². The van der Waals surface area contributed by atoms with Gasteiger partial charge < -0.3 is 15.6 Å². The molecule has 3 nitrogen and oxygen atoms in total. The van der Waals surface area contributed by atoms with Crippen molar-refractivity contribution in [3.8, 4) is 11.5 Å². The summed E-state index contributed by atoms with van der Waals surface area (Å²) in [6, 6.07) is 2.85. The summed E-state index contributed by atoms with van der Waals surface area (Å²) in [6.07, 6.45) is 0. The number of aromatic hydroxyl groups is 1. The molecule has 0 fully saturated rings. The summed E-state index contributed by atoms with van der Waals surface area (Å²) >= 11 is 5.80. The van der Waals surface area contributed by atoms with Gasteiger partial charge >= 0.3 is 0 Å². The predicted molar refractivity (Wildman–Crippen MR) is 45.5 cm³/mol. The number of halogens is 1. The molecule has 0 radical (unpaired) electrons. The van der Waals surface area contributed by atoms with E-state index in [0.29, 0.717) is 17.4 Å². The quantitative estimate of drug-likeness (QED) is 0.643. The summed E-state index contributed by atoms with van der Waals surface area (Å²) in [7, 11) is 0. The lowest BCUT2D eigenvalue weighted by molar-refractivity contribution is 0.333. The number of hydrogen-bond donors (Lipinski definition) is 2. The molecule has 64 valence electrons. The molecule has 1 aromatic carbocycles. The molecule has 0 spiro atoms. The Morgan fingerprint density at radius 1 is 1.58 bits per heavy atom. The van der Waals surface area contributed by atoms with Crippen molar-refractivity contribution in [3.63, 3.8) is 0 Å². The first-order chi connectivity index (χ1) is 5.68. The van der Waals surface area contributed by atoms with Gasteiger partial charge in [-0.05, 0) is 6.07 Å². The van der Waals surface area contributed by atoms with E-state index >= 15 is 0 Å². The summed E-state index contributed by atoms with van der Waals surface area (Å²) in [5, 5.41) is 9.61. The first-order valence-electron chi connectivity index (χ1n) is 3.59. The molecule has 1 aliphatic heterocycles. The summed E-state index contributed by atoms with van der Waals surface area (Å²) in [5.74, 6) is 0.724. The molecule has 0 saturated carbocycles. The van der Waals surface area contributed by atoms with E-state index < -0.39 is 0 Å². The molecule has 12 heavy (non-hydrogen) atoms. The minimum Gasteiger partial charge on any atom is -0.508 e. The van der Waals surface area contributed by atoms with Gasteiger partial charge in [-0.2, -0.15) is 0 Å². The third-order valence-electron chi connectivity index (χ3n) is 1.86. The Balaban J connectivity index is 2.60. The van der Waals surface area contributed by atoms with Gasteiger partial charge in [0.05, 0.1) is 11.1 Å². The largest absolute Gasteiger partial charge is 0.508 e. The molecular weight excluding hydrogens is 178 g/mol.